The van der Waals surface area contributed by atoms with Crippen LogP contribution in [0.25, 0.3) is 0 Å². The largest absolute Gasteiger partial charge is 0.461 e. The average molecular weight is 426 g/mol. The number of hydrogen-bond donors (Lipinski definition) is 0. The van der Waals surface area contributed by atoms with Gasteiger partial charge in [-0.2, -0.15) is 5.10 Å². The third-order valence-corrected chi connectivity index (χ3v) is 5.72. The normalized spacial score (nSPS) is 20.5. The molecular formula is C22H20ClN3O4. The number of benzene rings is 2. The first-order chi connectivity index (χ1) is 14.3. The van der Waals surface area contributed by atoms with Gasteiger partial charge in [-0.05, 0) is 50.6 Å². The van der Waals surface area contributed by atoms with Crippen LogP contribution in [-0.4, -0.2) is 36.1 Å². The maximum Gasteiger partial charge on any atom is 0.355 e. The van der Waals surface area contributed by atoms with Gasteiger partial charge in [-0.25, -0.2) is 9.69 Å². The molecule has 0 bridgehead atoms. The highest BCUT2D eigenvalue weighted by molar-refractivity contribution is 6.47. The van der Waals surface area contributed by atoms with Crippen molar-refractivity contribution in [2.45, 2.75) is 26.8 Å². The molecule has 8 heteroatoms. The first kappa shape index (κ1) is 20.1. The Labute approximate surface area is 178 Å². The first-order valence-corrected chi connectivity index (χ1v) is 9.97. The lowest BCUT2D eigenvalue weighted by molar-refractivity contribution is -0.136. The van der Waals surface area contributed by atoms with E-state index in [2.05, 4.69) is 5.10 Å². The second-order valence-corrected chi connectivity index (χ2v) is 7.61. The molecule has 2 aliphatic rings. The summed E-state index contributed by atoms with van der Waals surface area (Å²) >= 11 is 6.21. The number of esters is 1. The van der Waals surface area contributed by atoms with E-state index in [4.69, 9.17) is 16.3 Å². The first-order valence-electron chi connectivity index (χ1n) is 9.59. The maximum atomic E-state index is 13.4. The summed E-state index contributed by atoms with van der Waals surface area (Å²) < 4.78 is 5.11. The zero-order chi connectivity index (χ0) is 21.6. The summed E-state index contributed by atoms with van der Waals surface area (Å²) in [6, 6.07) is 11.4. The molecule has 0 N–H and O–H groups in total. The lowest BCUT2D eigenvalue weighted by Gasteiger charge is -2.23. The van der Waals surface area contributed by atoms with Crippen LogP contribution in [0, 0.1) is 19.8 Å². The molecule has 2 aromatic carbocycles. The van der Waals surface area contributed by atoms with E-state index in [1.54, 1.807) is 44.2 Å². The van der Waals surface area contributed by atoms with Crippen LogP contribution in [0.15, 0.2) is 47.6 Å². The molecule has 0 aliphatic carbocycles. The number of rotatable bonds is 4. The van der Waals surface area contributed by atoms with Gasteiger partial charge in [-0.1, -0.05) is 35.4 Å². The number of hydrazone groups is 1. The summed E-state index contributed by atoms with van der Waals surface area (Å²) in [5, 5.41) is 6.23. The fourth-order valence-electron chi connectivity index (χ4n) is 3.77. The van der Waals surface area contributed by atoms with Gasteiger partial charge in [0.05, 0.1) is 18.0 Å². The second-order valence-electron chi connectivity index (χ2n) is 7.20. The van der Waals surface area contributed by atoms with Crippen LogP contribution in [0.2, 0.25) is 5.02 Å². The zero-order valence-electron chi connectivity index (χ0n) is 16.8. The number of ether oxygens (including phenoxy) is 1. The van der Waals surface area contributed by atoms with Crippen molar-refractivity contribution in [1.82, 2.24) is 0 Å². The molecule has 7 nitrogen and oxygen atoms in total. The topological polar surface area (TPSA) is 79.3 Å². The van der Waals surface area contributed by atoms with E-state index in [1.165, 1.54) is 5.01 Å². The number of nitrogens with zero attached hydrogens (tertiary/aromatic N) is 3. The number of hydrogen-bond acceptors (Lipinski definition) is 6. The summed E-state index contributed by atoms with van der Waals surface area (Å²) in [7, 11) is 0. The van der Waals surface area contributed by atoms with Crippen molar-refractivity contribution in [2.75, 3.05) is 16.5 Å². The summed E-state index contributed by atoms with van der Waals surface area (Å²) in [5.74, 6) is -2.72. The summed E-state index contributed by atoms with van der Waals surface area (Å²) in [6.07, 6.45) is 0. The highest BCUT2D eigenvalue weighted by Gasteiger charge is 2.59. The van der Waals surface area contributed by atoms with E-state index < -0.39 is 29.7 Å². The number of carbonyl (C=O) groups is 3. The van der Waals surface area contributed by atoms with Gasteiger partial charge in [0, 0.05) is 5.02 Å². The van der Waals surface area contributed by atoms with Crippen LogP contribution >= 0.6 is 11.6 Å². The Bertz CT molecular complexity index is 1080. The van der Waals surface area contributed by atoms with E-state index in [1.807, 2.05) is 19.1 Å². The maximum absolute atomic E-state index is 13.4. The molecule has 0 aromatic heterocycles. The van der Waals surface area contributed by atoms with E-state index in [0.29, 0.717) is 22.0 Å². The molecule has 0 spiro atoms. The smallest absolute Gasteiger partial charge is 0.355 e. The number of imide groups is 1. The Hall–Kier alpha value is -3.19. The highest BCUT2D eigenvalue weighted by atomic mass is 35.5. The Balaban J connectivity index is 1.82. The van der Waals surface area contributed by atoms with Crippen molar-refractivity contribution in [2.24, 2.45) is 11.0 Å². The Morgan fingerprint density at radius 3 is 2.47 bits per heavy atom. The van der Waals surface area contributed by atoms with Crippen molar-refractivity contribution < 1.29 is 19.1 Å². The third kappa shape index (κ3) is 3.06. The van der Waals surface area contributed by atoms with Crippen molar-refractivity contribution in [3.8, 4) is 0 Å². The SMILES string of the molecule is CCOC(=O)C1=NN(c2ccc(C)cc2)[C@@H]2C(=O)N(c3cccc(Cl)c3C)C(=O)[C@@H]12. The highest BCUT2D eigenvalue weighted by Crippen LogP contribution is 2.39. The van der Waals surface area contributed by atoms with Crippen LogP contribution < -0.4 is 9.91 Å². The van der Waals surface area contributed by atoms with Crippen LogP contribution in [0.4, 0.5) is 11.4 Å². The van der Waals surface area contributed by atoms with Gasteiger partial charge in [-0.15, -0.1) is 0 Å². The predicted molar refractivity (Wildman–Crippen MR) is 114 cm³/mol. The summed E-state index contributed by atoms with van der Waals surface area (Å²) in [6.45, 7) is 5.49. The Morgan fingerprint density at radius 1 is 1.10 bits per heavy atom. The van der Waals surface area contributed by atoms with Crippen LogP contribution in [0.3, 0.4) is 0 Å². The third-order valence-electron chi connectivity index (χ3n) is 5.31. The average Bonchev–Trinajstić information content (AvgIpc) is 3.23. The van der Waals surface area contributed by atoms with E-state index in [0.717, 1.165) is 10.5 Å². The van der Waals surface area contributed by atoms with Gasteiger partial charge >= 0.3 is 5.97 Å². The van der Waals surface area contributed by atoms with Crippen LogP contribution in [-0.2, 0) is 19.1 Å². The Morgan fingerprint density at radius 2 is 1.80 bits per heavy atom. The molecular weight excluding hydrogens is 406 g/mol. The van der Waals surface area contributed by atoms with Gasteiger partial charge in [0.1, 0.15) is 12.0 Å². The van der Waals surface area contributed by atoms with E-state index >= 15 is 0 Å². The molecule has 4 rings (SSSR count). The molecule has 154 valence electrons. The van der Waals surface area contributed by atoms with Gasteiger partial charge in [0.2, 0.25) is 5.91 Å². The molecule has 1 saturated heterocycles. The van der Waals surface area contributed by atoms with Crippen molar-refractivity contribution in [3.63, 3.8) is 0 Å². The number of amides is 2. The minimum absolute atomic E-state index is 0.0667. The summed E-state index contributed by atoms with van der Waals surface area (Å²) in [5.41, 5.74) is 2.59. The number of aryl methyl sites for hydroxylation is 1. The van der Waals surface area contributed by atoms with Crippen molar-refractivity contribution in [3.05, 3.63) is 58.6 Å². The quantitative estimate of drug-likeness (QED) is 0.555. The minimum Gasteiger partial charge on any atom is -0.461 e. The molecule has 30 heavy (non-hydrogen) atoms. The molecule has 0 radical (unpaired) electrons. The molecule has 2 atom stereocenters. The molecule has 2 aliphatic heterocycles. The second kappa shape index (κ2) is 7.57. The Kier molecular flexibility index (Phi) is 5.07. The molecule has 2 heterocycles. The fourth-order valence-corrected chi connectivity index (χ4v) is 3.94. The van der Waals surface area contributed by atoms with Gasteiger partial charge in [-0.3, -0.25) is 14.6 Å². The van der Waals surface area contributed by atoms with Crippen LogP contribution in [0.5, 0.6) is 0 Å². The molecule has 0 unspecified atom stereocenters. The molecule has 0 saturated carbocycles. The van der Waals surface area contributed by atoms with Crippen molar-refractivity contribution in [1.29, 1.82) is 0 Å². The molecule has 2 aromatic rings. The van der Waals surface area contributed by atoms with Gasteiger partial charge in [0.15, 0.2) is 5.71 Å². The number of carbonyl (C=O) groups excluding carboxylic acids is 3. The van der Waals surface area contributed by atoms with Gasteiger partial charge < -0.3 is 4.74 Å². The lowest BCUT2D eigenvalue weighted by Crippen LogP contribution is -2.39. The standard InChI is InChI=1S/C22H20ClN3O4/c1-4-30-22(29)18-17-19(26(24-18)14-10-8-12(2)9-11-14)21(28)25(20(17)27)16-7-5-6-15(23)13(16)3/h5-11,17,19H,4H2,1-3H3/t17-,19-/m0/s1. The van der Waals surface area contributed by atoms with Crippen LogP contribution in [0.1, 0.15) is 18.1 Å². The number of anilines is 2. The monoisotopic (exact) mass is 425 g/mol. The lowest BCUT2D eigenvalue weighted by atomic mass is 9.97. The molecule has 1 fully saturated rings. The van der Waals surface area contributed by atoms with Crippen molar-refractivity contribution >= 4 is 46.5 Å². The van der Waals surface area contributed by atoms with Gasteiger partial charge in [0.25, 0.3) is 5.91 Å². The summed E-state index contributed by atoms with van der Waals surface area (Å²) in [4.78, 5) is 40.4. The molecule has 2 amide bonds. The number of halogens is 1. The fraction of sp³-hybridized carbons (Fsp3) is 0.273. The van der Waals surface area contributed by atoms with E-state index in [9.17, 15) is 14.4 Å². The van der Waals surface area contributed by atoms with E-state index in [-0.39, 0.29) is 12.3 Å². The number of fused-ring (bicyclic) bond motifs is 1. The minimum atomic E-state index is -1.05. The predicted octanol–water partition coefficient (Wildman–Crippen LogP) is 3.25. The zero-order valence-corrected chi connectivity index (χ0v) is 17.5.